The second-order valence-electron chi connectivity index (χ2n) is 7.15. The van der Waals surface area contributed by atoms with Crippen LogP contribution in [0.2, 0.25) is 0 Å². The van der Waals surface area contributed by atoms with Gasteiger partial charge in [-0.15, -0.1) is 0 Å². The van der Waals surface area contributed by atoms with Crippen molar-refractivity contribution in [2.75, 3.05) is 20.1 Å². The summed E-state index contributed by atoms with van der Waals surface area (Å²) in [5.74, 6) is 2.35. The number of H-pyrrole nitrogens is 1. The van der Waals surface area contributed by atoms with Gasteiger partial charge in [0.2, 0.25) is 0 Å². The Labute approximate surface area is 138 Å². The molecule has 126 valence electrons. The summed E-state index contributed by atoms with van der Waals surface area (Å²) < 4.78 is 0. The SMILES string of the molecule is Cc1n[nH]c(C)c1CCN(C)C(=O)NCC[C@@H]1C[C@@H]2C=C[C@H]1C2. The standard InChI is InChI=1S/C18H28N4O/c1-12-17(13(2)21-20-12)7-9-22(3)18(23)19-8-6-16-11-14-4-5-15(16)10-14/h4-5,14-16H,6-11H2,1-3H3,(H,19,23)(H,20,21)/t14-,15+,16-/m1/s1. The fourth-order valence-electron chi connectivity index (χ4n) is 4.05. The molecule has 1 aromatic rings. The first-order valence-corrected chi connectivity index (χ1v) is 8.72. The number of amides is 2. The van der Waals surface area contributed by atoms with Gasteiger partial charge in [0.05, 0.1) is 5.69 Å². The van der Waals surface area contributed by atoms with Crippen LogP contribution in [-0.4, -0.2) is 41.3 Å². The van der Waals surface area contributed by atoms with Crippen molar-refractivity contribution in [2.45, 2.75) is 39.5 Å². The second kappa shape index (κ2) is 6.77. The van der Waals surface area contributed by atoms with E-state index in [9.17, 15) is 4.79 Å². The minimum absolute atomic E-state index is 0.0301. The van der Waals surface area contributed by atoms with E-state index in [0.29, 0.717) is 6.54 Å². The zero-order valence-electron chi connectivity index (χ0n) is 14.4. The predicted octanol–water partition coefficient (Wildman–Crippen LogP) is 2.81. The van der Waals surface area contributed by atoms with Crippen LogP contribution in [0.4, 0.5) is 4.79 Å². The largest absolute Gasteiger partial charge is 0.338 e. The number of aromatic amines is 1. The molecule has 2 bridgehead atoms. The Kier molecular flexibility index (Phi) is 4.74. The molecular formula is C18H28N4O. The Bertz CT molecular complexity index is 572. The first-order valence-electron chi connectivity index (χ1n) is 8.72. The summed E-state index contributed by atoms with van der Waals surface area (Å²) in [5.41, 5.74) is 3.35. The van der Waals surface area contributed by atoms with Crippen LogP contribution < -0.4 is 5.32 Å². The number of hydrogen-bond donors (Lipinski definition) is 2. The number of urea groups is 1. The molecule has 0 saturated heterocycles. The number of carbonyl (C=O) groups is 1. The van der Waals surface area contributed by atoms with E-state index >= 15 is 0 Å². The number of nitrogens with one attached hydrogen (secondary N) is 2. The van der Waals surface area contributed by atoms with Gasteiger partial charge in [-0.05, 0) is 62.8 Å². The van der Waals surface area contributed by atoms with E-state index in [1.807, 2.05) is 20.9 Å². The topological polar surface area (TPSA) is 61.0 Å². The zero-order valence-corrected chi connectivity index (χ0v) is 14.4. The van der Waals surface area contributed by atoms with Crippen molar-refractivity contribution < 1.29 is 4.79 Å². The number of likely N-dealkylation sites (N-methyl/N-ethyl adjacent to an activating group) is 1. The van der Waals surface area contributed by atoms with Crippen LogP contribution in [0.15, 0.2) is 12.2 Å². The smallest absolute Gasteiger partial charge is 0.317 e. The van der Waals surface area contributed by atoms with Crippen molar-refractivity contribution in [1.29, 1.82) is 0 Å². The van der Waals surface area contributed by atoms with Gasteiger partial charge in [0.25, 0.3) is 0 Å². The highest BCUT2D eigenvalue weighted by Crippen LogP contribution is 2.44. The maximum Gasteiger partial charge on any atom is 0.317 e. The number of carbonyl (C=O) groups excluding carboxylic acids is 1. The number of aryl methyl sites for hydroxylation is 2. The molecule has 1 heterocycles. The maximum absolute atomic E-state index is 12.2. The zero-order chi connectivity index (χ0) is 16.4. The van der Waals surface area contributed by atoms with Gasteiger partial charge >= 0.3 is 6.03 Å². The highest BCUT2D eigenvalue weighted by atomic mass is 16.2. The average molecular weight is 316 g/mol. The quantitative estimate of drug-likeness (QED) is 0.793. The lowest BCUT2D eigenvalue weighted by molar-refractivity contribution is 0.208. The number of fused-ring (bicyclic) bond motifs is 2. The Morgan fingerprint density at radius 3 is 2.83 bits per heavy atom. The van der Waals surface area contributed by atoms with Gasteiger partial charge < -0.3 is 10.2 Å². The first-order chi connectivity index (χ1) is 11.0. The molecule has 0 radical (unpaired) electrons. The Morgan fingerprint density at radius 2 is 2.22 bits per heavy atom. The number of allylic oxidation sites excluding steroid dienone is 2. The summed E-state index contributed by atoms with van der Waals surface area (Å²) in [6.45, 7) is 5.53. The fraction of sp³-hybridized carbons (Fsp3) is 0.667. The molecule has 2 N–H and O–H groups in total. The van der Waals surface area contributed by atoms with E-state index in [-0.39, 0.29) is 6.03 Å². The third-order valence-electron chi connectivity index (χ3n) is 5.53. The molecule has 0 aromatic carbocycles. The minimum atomic E-state index is 0.0301. The molecule has 0 spiro atoms. The lowest BCUT2D eigenvalue weighted by Gasteiger charge is -2.21. The van der Waals surface area contributed by atoms with Gasteiger partial charge in [-0.25, -0.2) is 4.79 Å². The highest BCUT2D eigenvalue weighted by Gasteiger charge is 2.34. The van der Waals surface area contributed by atoms with Crippen LogP contribution in [0, 0.1) is 31.6 Å². The van der Waals surface area contributed by atoms with Gasteiger partial charge in [0, 0.05) is 25.8 Å². The van der Waals surface area contributed by atoms with Gasteiger partial charge in [-0.3, -0.25) is 5.10 Å². The molecule has 23 heavy (non-hydrogen) atoms. The average Bonchev–Trinajstić information content (AvgIpc) is 3.22. The van der Waals surface area contributed by atoms with Gasteiger partial charge in [0.15, 0.2) is 0 Å². The van der Waals surface area contributed by atoms with Crippen molar-refractivity contribution in [3.8, 4) is 0 Å². The fourth-order valence-corrected chi connectivity index (χ4v) is 4.05. The van der Waals surface area contributed by atoms with Crippen LogP contribution in [-0.2, 0) is 6.42 Å². The molecule has 5 heteroatoms. The molecule has 1 fully saturated rings. The Morgan fingerprint density at radius 1 is 1.39 bits per heavy atom. The van der Waals surface area contributed by atoms with Crippen molar-refractivity contribution in [3.63, 3.8) is 0 Å². The van der Waals surface area contributed by atoms with E-state index in [0.717, 1.165) is 48.5 Å². The summed E-state index contributed by atoms with van der Waals surface area (Å²) in [5, 5.41) is 10.3. The highest BCUT2D eigenvalue weighted by molar-refractivity contribution is 5.73. The molecule has 2 aliphatic rings. The summed E-state index contributed by atoms with van der Waals surface area (Å²) in [6, 6.07) is 0.0301. The monoisotopic (exact) mass is 316 g/mol. The van der Waals surface area contributed by atoms with Gasteiger partial charge in [-0.2, -0.15) is 5.10 Å². The van der Waals surface area contributed by atoms with E-state index in [1.54, 1.807) is 4.90 Å². The number of hydrogen-bond acceptors (Lipinski definition) is 2. The number of nitrogens with zero attached hydrogens (tertiary/aromatic N) is 2. The minimum Gasteiger partial charge on any atom is -0.338 e. The molecule has 3 rings (SSSR count). The van der Waals surface area contributed by atoms with Gasteiger partial charge in [0.1, 0.15) is 0 Å². The molecule has 1 saturated carbocycles. The summed E-state index contributed by atoms with van der Waals surface area (Å²) >= 11 is 0. The summed E-state index contributed by atoms with van der Waals surface area (Å²) in [7, 11) is 1.86. The second-order valence-corrected chi connectivity index (χ2v) is 7.15. The number of rotatable bonds is 6. The van der Waals surface area contributed by atoms with Crippen LogP contribution in [0.5, 0.6) is 0 Å². The molecular weight excluding hydrogens is 288 g/mol. The van der Waals surface area contributed by atoms with Crippen LogP contribution in [0.25, 0.3) is 0 Å². The lowest BCUT2D eigenvalue weighted by atomic mass is 9.91. The maximum atomic E-state index is 12.2. The molecule has 1 aromatic heterocycles. The third-order valence-corrected chi connectivity index (χ3v) is 5.53. The van der Waals surface area contributed by atoms with Gasteiger partial charge in [-0.1, -0.05) is 12.2 Å². The van der Waals surface area contributed by atoms with E-state index in [2.05, 4.69) is 27.7 Å². The van der Waals surface area contributed by atoms with E-state index < -0.39 is 0 Å². The van der Waals surface area contributed by atoms with Crippen molar-refractivity contribution in [1.82, 2.24) is 20.4 Å². The van der Waals surface area contributed by atoms with Crippen LogP contribution in [0.1, 0.15) is 36.2 Å². The molecule has 0 aliphatic heterocycles. The number of aromatic nitrogens is 2. The predicted molar refractivity (Wildman–Crippen MR) is 91.3 cm³/mol. The van der Waals surface area contributed by atoms with Crippen molar-refractivity contribution >= 4 is 6.03 Å². The Balaban J connectivity index is 1.37. The summed E-state index contributed by atoms with van der Waals surface area (Å²) in [6.07, 6.45) is 9.34. The van der Waals surface area contributed by atoms with Crippen molar-refractivity contribution in [3.05, 3.63) is 29.1 Å². The molecule has 2 amide bonds. The van der Waals surface area contributed by atoms with Crippen molar-refractivity contribution in [2.24, 2.45) is 17.8 Å². The normalized spacial score (nSPS) is 25.1. The van der Waals surface area contributed by atoms with E-state index in [4.69, 9.17) is 0 Å². The first kappa shape index (κ1) is 16.1. The summed E-state index contributed by atoms with van der Waals surface area (Å²) in [4.78, 5) is 14.0. The molecule has 5 nitrogen and oxygen atoms in total. The van der Waals surface area contributed by atoms with E-state index in [1.165, 1.54) is 18.4 Å². The molecule has 0 unspecified atom stereocenters. The Hall–Kier alpha value is -1.78. The van der Waals surface area contributed by atoms with Crippen LogP contribution in [0.3, 0.4) is 0 Å². The molecule has 3 atom stereocenters. The molecule has 2 aliphatic carbocycles. The third kappa shape index (κ3) is 3.59. The van der Waals surface area contributed by atoms with Crippen LogP contribution >= 0.6 is 0 Å². The lowest BCUT2D eigenvalue weighted by Crippen LogP contribution is -2.39.